The molecular formula is C23H29ClFN6O7P. The van der Waals surface area contributed by atoms with Crippen LogP contribution >= 0.6 is 19.3 Å². The Labute approximate surface area is 228 Å². The fraction of sp³-hybridized carbons (Fsp3) is 0.478. The smallest absolute Gasteiger partial charge is 0.459 e. The summed E-state index contributed by atoms with van der Waals surface area (Å²) in [6.45, 7) is 2.40. The lowest BCUT2D eigenvalue weighted by molar-refractivity contribution is -0.142. The summed E-state index contributed by atoms with van der Waals surface area (Å²) in [4.78, 5) is 24.9. The fourth-order valence-corrected chi connectivity index (χ4v) is 5.90. The number of halogens is 2. The molecule has 39 heavy (non-hydrogen) atoms. The summed E-state index contributed by atoms with van der Waals surface area (Å²) in [5.74, 6) is -0.166. The number of para-hydroxylation sites is 1. The number of hydrogen-bond donors (Lipinski definition) is 3. The Bertz CT molecular complexity index is 1370. The zero-order chi connectivity index (χ0) is 28.4. The molecule has 0 radical (unpaired) electrons. The van der Waals surface area contributed by atoms with Gasteiger partial charge in [0.2, 0.25) is 0 Å². The molecule has 1 aromatic carbocycles. The second-order valence-electron chi connectivity index (χ2n) is 8.84. The molecule has 1 aliphatic rings. The van der Waals surface area contributed by atoms with Crippen molar-refractivity contribution in [2.24, 2.45) is 0 Å². The molecule has 3 heterocycles. The van der Waals surface area contributed by atoms with Crippen LogP contribution in [0.4, 0.5) is 10.2 Å². The van der Waals surface area contributed by atoms with Gasteiger partial charge in [-0.1, -0.05) is 18.2 Å². The lowest BCUT2D eigenvalue weighted by atomic mass is 9.99. The summed E-state index contributed by atoms with van der Waals surface area (Å²) >= 11 is 6.19. The van der Waals surface area contributed by atoms with E-state index in [2.05, 4.69) is 30.1 Å². The van der Waals surface area contributed by atoms with Crippen LogP contribution in [0.2, 0.25) is 0 Å². The van der Waals surface area contributed by atoms with Crippen LogP contribution in [0.15, 0.2) is 36.7 Å². The van der Waals surface area contributed by atoms with E-state index in [-0.39, 0.29) is 11.4 Å². The Balaban J connectivity index is 1.62. The lowest BCUT2D eigenvalue weighted by Gasteiger charge is -2.31. The second-order valence-corrected chi connectivity index (χ2v) is 10.8. The lowest BCUT2D eigenvalue weighted by Crippen LogP contribution is -2.48. The first-order valence-electron chi connectivity index (χ1n) is 11.9. The van der Waals surface area contributed by atoms with E-state index in [9.17, 15) is 14.5 Å². The summed E-state index contributed by atoms with van der Waals surface area (Å²) in [7, 11) is -1.50. The van der Waals surface area contributed by atoms with Crippen LogP contribution < -0.4 is 14.9 Å². The predicted octanol–water partition coefficient (Wildman–Crippen LogP) is 2.74. The molecule has 1 saturated heterocycles. The first-order valence-corrected chi connectivity index (χ1v) is 13.9. The average molecular weight is 587 g/mol. The van der Waals surface area contributed by atoms with Crippen LogP contribution in [-0.2, 0) is 23.4 Å². The zero-order valence-electron chi connectivity index (χ0n) is 21.6. The first kappa shape index (κ1) is 29.1. The van der Waals surface area contributed by atoms with E-state index in [1.54, 1.807) is 32.2 Å². The SMILES string of the molecule is CNc1nc(C)nc2c1ncn2[C@@H]1O[C@](CCl)(CO[P@@](=O)(N[C@@H](C)C(=O)OC)Oc2ccccc2)[C@@H](O)[C@H]1F. The van der Waals surface area contributed by atoms with Gasteiger partial charge < -0.3 is 24.4 Å². The minimum atomic E-state index is -4.33. The molecule has 1 fully saturated rings. The number of benzene rings is 1. The fourth-order valence-electron chi connectivity index (χ4n) is 4.06. The van der Waals surface area contributed by atoms with Gasteiger partial charge in [0, 0.05) is 7.05 Å². The summed E-state index contributed by atoms with van der Waals surface area (Å²) in [5, 5.41) is 16.3. The number of aryl methyl sites for hydroxylation is 1. The van der Waals surface area contributed by atoms with E-state index in [4.69, 9.17) is 25.4 Å². The largest absolute Gasteiger partial charge is 0.468 e. The number of ether oxygens (including phenoxy) is 2. The molecule has 4 rings (SSSR count). The molecule has 1 aliphatic heterocycles. The molecular weight excluding hydrogens is 558 g/mol. The van der Waals surface area contributed by atoms with Gasteiger partial charge in [0.15, 0.2) is 29.4 Å². The van der Waals surface area contributed by atoms with Gasteiger partial charge in [0.05, 0.1) is 25.9 Å². The molecule has 0 aliphatic carbocycles. The van der Waals surface area contributed by atoms with Crippen molar-refractivity contribution in [1.29, 1.82) is 0 Å². The number of aliphatic hydroxyl groups is 1. The van der Waals surface area contributed by atoms with Crippen molar-refractivity contribution in [2.75, 3.05) is 32.0 Å². The number of rotatable bonds is 11. The molecule has 0 spiro atoms. The number of alkyl halides is 2. The molecule has 0 unspecified atom stereocenters. The standard InChI is InChI=1S/C23H29ClFN6O7P/c1-13(22(33)35-4)30-39(34,38-15-8-6-5-7-9-15)36-11-23(10-24)18(32)16(25)21(37-23)31-12-27-17-19(26-3)28-14(2)29-20(17)31/h5-9,12-13,16,18,21,32H,10-11H2,1-4H3,(H,30,34)(H,26,28,29)/t13-,16+,18-,21+,23+,39-/m0/s1. The molecule has 212 valence electrons. The number of nitrogens with zero attached hydrogens (tertiary/aromatic N) is 4. The van der Waals surface area contributed by atoms with Crippen molar-refractivity contribution in [3.05, 3.63) is 42.5 Å². The summed E-state index contributed by atoms with van der Waals surface area (Å²) in [6, 6.07) is 6.97. The normalized spacial score (nSPS) is 25.3. The Kier molecular flexibility index (Phi) is 8.74. The molecule has 13 nitrogen and oxygen atoms in total. The van der Waals surface area contributed by atoms with E-state index in [0.29, 0.717) is 17.2 Å². The number of fused-ring (bicyclic) bond motifs is 1. The predicted molar refractivity (Wildman–Crippen MR) is 139 cm³/mol. The van der Waals surface area contributed by atoms with Gasteiger partial charge in [-0.3, -0.25) is 13.9 Å². The van der Waals surface area contributed by atoms with Gasteiger partial charge in [-0.25, -0.2) is 23.9 Å². The van der Waals surface area contributed by atoms with Gasteiger partial charge >= 0.3 is 13.7 Å². The van der Waals surface area contributed by atoms with Crippen molar-refractivity contribution in [3.8, 4) is 5.75 Å². The maximum absolute atomic E-state index is 15.6. The zero-order valence-corrected chi connectivity index (χ0v) is 23.2. The molecule has 0 saturated carbocycles. The number of methoxy groups -OCH3 is 1. The van der Waals surface area contributed by atoms with Gasteiger partial charge in [-0.2, -0.15) is 5.09 Å². The monoisotopic (exact) mass is 586 g/mol. The van der Waals surface area contributed by atoms with Crippen LogP contribution in [0.25, 0.3) is 11.2 Å². The van der Waals surface area contributed by atoms with Crippen LogP contribution in [0.1, 0.15) is 19.0 Å². The molecule has 16 heteroatoms. The first-order chi connectivity index (χ1) is 18.6. The minimum Gasteiger partial charge on any atom is -0.468 e. The quantitative estimate of drug-likeness (QED) is 0.172. The van der Waals surface area contributed by atoms with Crippen molar-refractivity contribution < 1.29 is 37.4 Å². The highest BCUT2D eigenvalue weighted by atomic mass is 35.5. The molecule has 0 amide bonds. The third-order valence-electron chi connectivity index (χ3n) is 6.09. The number of hydrogen-bond acceptors (Lipinski definition) is 11. The maximum Gasteiger partial charge on any atom is 0.459 e. The van der Waals surface area contributed by atoms with E-state index >= 15 is 4.39 Å². The number of aromatic nitrogens is 4. The van der Waals surface area contributed by atoms with Gasteiger partial charge in [0.25, 0.3) is 0 Å². The van der Waals surface area contributed by atoms with Crippen molar-refractivity contribution in [2.45, 2.75) is 44.0 Å². The van der Waals surface area contributed by atoms with Crippen molar-refractivity contribution >= 4 is 42.3 Å². The molecule has 6 atom stereocenters. The van der Waals surface area contributed by atoms with E-state index in [0.717, 1.165) is 0 Å². The van der Waals surface area contributed by atoms with E-state index < -0.39 is 56.3 Å². The van der Waals surface area contributed by atoms with Crippen LogP contribution in [0, 0.1) is 6.92 Å². The van der Waals surface area contributed by atoms with Crippen molar-refractivity contribution in [1.82, 2.24) is 24.6 Å². The maximum atomic E-state index is 15.6. The number of anilines is 1. The highest BCUT2D eigenvalue weighted by Gasteiger charge is 2.57. The third-order valence-corrected chi connectivity index (χ3v) is 8.17. The third kappa shape index (κ3) is 5.86. The van der Waals surface area contributed by atoms with Gasteiger partial charge in [-0.15, -0.1) is 11.6 Å². The van der Waals surface area contributed by atoms with Gasteiger partial charge in [-0.05, 0) is 26.0 Å². The van der Waals surface area contributed by atoms with Crippen molar-refractivity contribution in [3.63, 3.8) is 0 Å². The summed E-state index contributed by atoms with van der Waals surface area (Å²) in [5.41, 5.74) is -1.22. The van der Waals surface area contributed by atoms with Crippen LogP contribution in [-0.4, -0.2) is 81.2 Å². The van der Waals surface area contributed by atoms with Crippen LogP contribution in [0.5, 0.6) is 5.75 Å². The van der Waals surface area contributed by atoms with E-state index in [1.807, 2.05) is 0 Å². The molecule has 0 bridgehead atoms. The minimum absolute atomic E-state index is 0.166. The topological polar surface area (TPSA) is 159 Å². The summed E-state index contributed by atoms with van der Waals surface area (Å²) < 4.78 is 52.5. The van der Waals surface area contributed by atoms with Crippen LogP contribution in [0.3, 0.4) is 0 Å². The number of aliphatic hydroxyl groups excluding tert-OH is 1. The Morgan fingerprint density at radius 1 is 1.36 bits per heavy atom. The Morgan fingerprint density at radius 3 is 2.72 bits per heavy atom. The average Bonchev–Trinajstić information content (AvgIpc) is 3.45. The number of esters is 1. The van der Waals surface area contributed by atoms with Gasteiger partial charge in [0.1, 0.15) is 29.3 Å². The number of nitrogens with one attached hydrogen (secondary N) is 2. The molecule has 3 aromatic rings. The summed E-state index contributed by atoms with van der Waals surface area (Å²) in [6.07, 6.45) is -3.87. The van der Waals surface area contributed by atoms with E-state index in [1.165, 1.54) is 37.1 Å². The number of imidazole rings is 1. The molecule has 2 aromatic heterocycles. The Morgan fingerprint density at radius 2 is 2.08 bits per heavy atom. The molecule has 3 N–H and O–H groups in total. The number of carbonyl (C=O) groups excluding carboxylic acids is 1. The Hall–Kier alpha value is -2.87. The highest BCUT2D eigenvalue weighted by Crippen LogP contribution is 2.48. The number of carbonyl (C=O) groups is 1. The second kappa shape index (κ2) is 11.7. The highest BCUT2D eigenvalue weighted by molar-refractivity contribution is 7.52.